The quantitative estimate of drug-likeness (QED) is 0.917. The van der Waals surface area contributed by atoms with Crippen LogP contribution in [0, 0.1) is 0 Å². The molecule has 0 spiro atoms. The summed E-state index contributed by atoms with van der Waals surface area (Å²) in [6, 6.07) is 9.98. The van der Waals surface area contributed by atoms with Crippen LogP contribution in [0.2, 0.25) is 0 Å². The van der Waals surface area contributed by atoms with Crippen molar-refractivity contribution in [1.82, 2.24) is 4.98 Å². The normalized spacial score (nSPS) is 10.5. The molecule has 19 heavy (non-hydrogen) atoms. The summed E-state index contributed by atoms with van der Waals surface area (Å²) in [4.78, 5) is 6.27. The summed E-state index contributed by atoms with van der Waals surface area (Å²) in [6.07, 6.45) is 3.61. The van der Waals surface area contributed by atoms with E-state index in [1.54, 1.807) is 12.4 Å². The third kappa shape index (κ3) is 3.55. The minimum absolute atomic E-state index is 0.0511. The number of pyridine rings is 1. The molecule has 100 valence electrons. The summed E-state index contributed by atoms with van der Waals surface area (Å²) in [7, 11) is 0. The molecule has 0 aliphatic carbocycles. The number of hydrogen-bond acceptors (Lipinski definition) is 3. The van der Waals surface area contributed by atoms with Gasteiger partial charge in [0.15, 0.2) is 0 Å². The number of hydrogen-bond donors (Lipinski definition) is 1. The van der Waals surface area contributed by atoms with Crippen LogP contribution in [0.15, 0.2) is 47.2 Å². The molecule has 0 saturated heterocycles. The molecule has 0 atom stereocenters. The van der Waals surface area contributed by atoms with E-state index in [9.17, 15) is 5.11 Å². The summed E-state index contributed by atoms with van der Waals surface area (Å²) in [5.41, 5.74) is 3.22. The number of benzene rings is 1. The fraction of sp³-hybridized carbons (Fsp3) is 0.267. The highest BCUT2D eigenvalue weighted by molar-refractivity contribution is 9.10. The van der Waals surface area contributed by atoms with Gasteiger partial charge < -0.3 is 10.0 Å². The van der Waals surface area contributed by atoms with E-state index >= 15 is 0 Å². The molecular weight excluding hydrogens is 304 g/mol. The molecule has 0 bridgehead atoms. The van der Waals surface area contributed by atoms with Crippen LogP contribution in [0.5, 0.6) is 0 Å². The highest BCUT2D eigenvalue weighted by atomic mass is 79.9. The van der Waals surface area contributed by atoms with Gasteiger partial charge in [0.1, 0.15) is 0 Å². The van der Waals surface area contributed by atoms with E-state index in [1.165, 1.54) is 5.56 Å². The minimum atomic E-state index is 0.0511. The smallest absolute Gasteiger partial charge is 0.0702 e. The average Bonchev–Trinajstić information content (AvgIpc) is 2.46. The van der Waals surface area contributed by atoms with Crippen molar-refractivity contribution in [2.24, 2.45) is 0 Å². The first-order valence-electron chi connectivity index (χ1n) is 6.27. The lowest BCUT2D eigenvalue weighted by atomic mass is 10.1. The Hall–Kier alpha value is -1.39. The summed E-state index contributed by atoms with van der Waals surface area (Å²) < 4.78 is 1.02. The lowest BCUT2D eigenvalue weighted by Crippen LogP contribution is -2.23. The molecule has 0 aliphatic rings. The van der Waals surface area contributed by atoms with E-state index in [0.29, 0.717) is 0 Å². The first-order chi connectivity index (χ1) is 9.24. The van der Waals surface area contributed by atoms with Crippen molar-refractivity contribution >= 4 is 21.6 Å². The molecule has 2 aromatic rings. The van der Waals surface area contributed by atoms with Crippen molar-refractivity contribution in [3.8, 4) is 0 Å². The van der Waals surface area contributed by atoms with Gasteiger partial charge in [-0.25, -0.2) is 0 Å². The molecule has 0 amide bonds. The Morgan fingerprint density at radius 2 is 1.95 bits per heavy atom. The topological polar surface area (TPSA) is 36.4 Å². The van der Waals surface area contributed by atoms with E-state index in [4.69, 9.17) is 0 Å². The second-order valence-electron chi connectivity index (χ2n) is 4.30. The minimum Gasteiger partial charge on any atom is -0.392 e. The zero-order chi connectivity index (χ0) is 13.7. The number of nitrogens with zero attached hydrogens (tertiary/aromatic N) is 2. The van der Waals surface area contributed by atoms with E-state index < -0.39 is 0 Å². The van der Waals surface area contributed by atoms with Gasteiger partial charge >= 0.3 is 0 Å². The number of aliphatic hydroxyl groups excluding tert-OH is 1. The molecule has 4 heteroatoms. The van der Waals surface area contributed by atoms with Crippen LogP contribution in [0.3, 0.4) is 0 Å². The average molecular weight is 321 g/mol. The number of aliphatic hydroxyl groups is 1. The molecule has 0 aliphatic heterocycles. The maximum Gasteiger partial charge on any atom is 0.0702 e. The van der Waals surface area contributed by atoms with Gasteiger partial charge in [0.25, 0.3) is 0 Å². The lowest BCUT2D eigenvalue weighted by Gasteiger charge is -2.25. The predicted octanol–water partition coefficient (Wildman–Crippen LogP) is 3.36. The predicted molar refractivity (Wildman–Crippen MR) is 81.0 cm³/mol. The van der Waals surface area contributed by atoms with Crippen LogP contribution in [0.4, 0.5) is 5.69 Å². The largest absolute Gasteiger partial charge is 0.392 e. The van der Waals surface area contributed by atoms with Crippen molar-refractivity contribution in [3.05, 3.63) is 58.3 Å². The van der Waals surface area contributed by atoms with Gasteiger partial charge in [-0.3, -0.25) is 4.98 Å². The summed E-state index contributed by atoms with van der Waals surface area (Å²) in [6.45, 7) is 3.85. The Morgan fingerprint density at radius 1 is 1.21 bits per heavy atom. The molecule has 2 rings (SSSR count). The lowest BCUT2D eigenvalue weighted by molar-refractivity contribution is 0.282. The molecule has 1 N–H and O–H groups in total. The number of halogens is 1. The monoisotopic (exact) mass is 320 g/mol. The molecule has 0 unspecified atom stereocenters. The van der Waals surface area contributed by atoms with Crippen molar-refractivity contribution in [3.63, 3.8) is 0 Å². The van der Waals surface area contributed by atoms with Crippen LogP contribution in [-0.2, 0) is 13.2 Å². The summed E-state index contributed by atoms with van der Waals surface area (Å²) in [5, 5.41) is 9.47. The maximum atomic E-state index is 9.47. The Bertz CT molecular complexity index is 531. The van der Waals surface area contributed by atoms with Crippen molar-refractivity contribution in [1.29, 1.82) is 0 Å². The summed E-state index contributed by atoms with van der Waals surface area (Å²) in [5.74, 6) is 0. The number of aromatic nitrogens is 1. The van der Waals surface area contributed by atoms with Crippen molar-refractivity contribution in [2.75, 3.05) is 11.4 Å². The van der Waals surface area contributed by atoms with E-state index in [1.807, 2.05) is 24.3 Å². The number of anilines is 1. The Balaban J connectivity index is 2.29. The van der Waals surface area contributed by atoms with Gasteiger partial charge in [-0.1, -0.05) is 22.0 Å². The van der Waals surface area contributed by atoms with E-state index in [-0.39, 0.29) is 6.61 Å². The molecule has 0 saturated carbocycles. The highest BCUT2D eigenvalue weighted by Crippen LogP contribution is 2.26. The highest BCUT2D eigenvalue weighted by Gasteiger charge is 2.10. The van der Waals surface area contributed by atoms with Crippen molar-refractivity contribution < 1.29 is 5.11 Å². The van der Waals surface area contributed by atoms with E-state index in [0.717, 1.165) is 28.8 Å². The maximum absolute atomic E-state index is 9.47. The molecule has 1 heterocycles. The van der Waals surface area contributed by atoms with Gasteiger partial charge in [0.05, 0.1) is 6.61 Å². The third-order valence-electron chi connectivity index (χ3n) is 3.06. The van der Waals surface area contributed by atoms with Crippen LogP contribution in [0.25, 0.3) is 0 Å². The van der Waals surface area contributed by atoms with Gasteiger partial charge in [0.2, 0.25) is 0 Å². The van der Waals surface area contributed by atoms with Gasteiger partial charge in [0, 0.05) is 41.2 Å². The molecule has 1 aromatic carbocycles. The van der Waals surface area contributed by atoms with Crippen LogP contribution >= 0.6 is 15.9 Å². The standard InChI is InChI=1S/C15H17BrN2O/c1-2-18(10-12-5-7-17-8-6-12)15-9-14(16)4-3-13(15)11-19/h3-9,19H,2,10-11H2,1H3. The Kier molecular flexibility index (Phi) is 4.93. The number of rotatable bonds is 5. The van der Waals surface area contributed by atoms with Gasteiger partial charge in [-0.2, -0.15) is 0 Å². The fourth-order valence-electron chi connectivity index (χ4n) is 2.04. The zero-order valence-electron chi connectivity index (χ0n) is 10.9. The van der Waals surface area contributed by atoms with Gasteiger partial charge in [-0.05, 0) is 36.8 Å². The first kappa shape index (κ1) is 14.0. The first-order valence-corrected chi connectivity index (χ1v) is 7.07. The molecule has 1 aromatic heterocycles. The van der Waals surface area contributed by atoms with Crippen molar-refractivity contribution in [2.45, 2.75) is 20.1 Å². The molecule has 0 fully saturated rings. The van der Waals surface area contributed by atoms with Crippen LogP contribution in [-0.4, -0.2) is 16.6 Å². The second kappa shape index (κ2) is 6.68. The molecule has 0 radical (unpaired) electrons. The zero-order valence-corrected chi connectivity index (χ0v) is 12.5. The van der Waals surface area contributed by atoms with Crippen LogP contribution in [0.1, 0.15) is 18.1 Å². The second-order valence-corrected chi connectivity index (χ2v) is 5.22. The SMILES string of the molecule is CCN(Cc1ccncc1)c1cc(Br)ccc1CO. The summed E-state index contributed by atoms with van der Waals surface area (Å²) >= 11 is 3.49. The third-order valence-corrected chi connectivity index (χ3v) is 3.56. The molecular formula is C15H17BrN2O. The Morgan fingerprint density at radius 3 is 2.58 bits per heavy atom. The molecule has 3 nitrogen and oxygen atoms in total. The van der Waals surface area contributed by atoms with E-state index in [2.05, 4.69) is 38.8 Å². The Labute approximate surface area is 122 Å². The fourth-order valence-corrected chi connectivity index (χ4v) is 2.39. The van der Waals surface area contributed by atoms with Crippen LogP contribution < -0.4 is 4.90 Å². The van der Waals surface area contributed by atoms with Gasteiger partial charge in [-0.15, -0.1) is 0 Å².